The van der Waals surface area contributed by atoms with Crippen molar-refractivity contribution in [1.29, 1.82) is 0 Å². The van der Waals surface area contributed by atoms with E-state index in [0.29, 0.717) is 11.3 Å². The summed E-state index contributed by atoms with van der Waals surface area (Å²) in [5.74, 6) is -0.288. The van der Waals surface area contributed by atoms with Crippen LogP contribution in [0.25, 0.3) is 11.3 Å². The molecule has 128 valence electrons. The van der Waals surface area contributed by atoms with Gasteiger partial charge in [-0.3, -0.25) is 4.79 Å². The van der Waals surface area contributed by atoms with Crippen LogP contribution in [0, 0.1) is 12.8 Å². The molecule has 0 unspecified atom stereocenters. The van der Waals surface area contributed by atoms with Crippen molar-refractivity contribution in [2.75, 3.05) is 5.75 Å². The fraction of sp³-hybridized carbons (Fsp3) is 0.412. The number of rotatable bonds is 5. The van der Waals surface area contributed by atoms with E-state index in [1.807, 2.05) is 18.2 Å². The standard InChI is InChI=1S/C17H20N2O4S/c1-12-15(16(23-18-12)14-9-3-2-4-10-14)17(20)19-24(21,22)11-13-7-5-6-8-13/h2-4,9-10,13H,5-8,11H2,1H3,(H,19,20). The quantitative estimate of drug-likeness (QED) is 0.897. The Morgan fingerprint density at radius 1 is 1.25 bits per heavy atom. The Hall–Kier alpha value is -2.15. The van der Waals surface area contributed by atoms with Gasteiger partial charge in [0.05, 0.1) is 11.4 Å². The van der Waals surface area contributed by atoms with E-state index in [-0.39, 0.29) is 23.0 Å². The molecule has 1 heterocycles. The van der Waals surface area contributed by atoms with Crippen LogP contribution < -0.4 is 4.72 Å². The third-order valence-electron chi connectivity index (χ3n) is 4.30. The molecular formula is C17H20N2O4S. The van der Waals surface area contributed by atoms with Crippen LogP contribution in [-0.4, -0.2) is 25.2 Å². The Morgan fingerprint density at radius 2 is 1.92 bits per heavy atom. The second-order valence-corrected chi connectivity index (χ2v) is 7.97. The van der Waals surface area contributed by atoms with Gasteiger partial charge in [0.2, 0.25) is 10.0 Å². The highest BCUT2D eigenvalue weighted by atomic mass is 32.2. The molecule has 1 saturated carbocycles. The predicted octanol–water partition coefficient (Wildman–Crippen LogP) is 2.90. The number of carbonyl (C=O) groups is 1. The molecule has 0 aliphatic heterocycles. The average Bonchev–Trinajstić information content (AvgIpc) is 3.16. The summed E-state index contributed by atoms with van der Waals surface area (Å²) in [6.07, 6.45) is 3.90. The number of sulfonamides is 1. The lowest BCUT2D eigenvalue weighted by molar-refractivity contribution is 0.0981. The molecule has 7 heteroatoms. The Morgan fingerprint density at radius 3 is 2.58 bits per heavy atom. The molecule has 2 aromatic rings. The van der Waals surface area contributed by atoms with Crippen LogP contribution in [0.4, 0.5) is 0 Å². The number of nitrogens with one attached hydrogen (secondary N) is 1. The van der Waals surface area contributed by atoms with Gasteiger partial charge in [0.1, 0.15) is 5.56 Å². The molecule has 1 aliphatic carbocycles. The molecule has 1 aliphatic rings. The van der Waals surface area contributed by atoms with Gasteiger partial charge in [-0.1, -0.05) is 48.3 Å². The summed E-state index contributed by atoms with van der Waals surface area (Å²) < 4.78 is 32.0. The van der Waals surface area contributed by atoms with Gasteiger partial charge < -0.3 is 4.52 Å². The average molecular weight is 348 g/mol. The SMILES string of the molecule is Cc1noc(-c2ccccc2)c1C(=O)NS(=O)(=O)CC1CCCC1. The minimum atomic E-state index is -3.67. The van der Waals surface area contributed by atoms with Crippen molar-refractivity contribution >= 4 is 15.9 Å². The molecule has 1 aromatic heterocycles. The van der Waals surface area contributed by atoms with E-state index >= 15 is 0 Å². The van der Waals surface area contributed by atoms with Gasteiger partial charge in [0.15, 0.2) is 5.76 Å². The van der Waals surface area contributed by atoms with E-state index in [1.54, 1.807) is 19.1 Å². The number of aryl methyl sites for hydroxylation is 1. The number of amides is 1. The Kier molecular flexibility index (Phi) is 4.71. The number of nitrogens with zero attached hydrogens (tertiary/aromatic N) is 1. The summed E-state index contributed by atoms with van der Waals surface area (Å²) in [5, 5.41) is 3.82. The zero-order chi connectivity index (χ0) is 17.2. The molecule has 1 N–H and O–H groups in total. The largest absolute Gasteiger partial charge is 0.355 e. The molecule has 0 spiro atoms. The molecular weight excluding hydrogens is 328 g/mol. The number of aromatic nitrogens is 1. The first kappa shape index (κ1) is 16.7. The van der Waals surface area contributed by atoms with Crippen molar-refractivity contribution in [2.45, 2.75) is 32.6 Å². The molecule has 1 amide bonds. The van der Waals surface area contributed by atoms with E-state index < -0.39 is 15.9 Å². The van der Waals surface area contributed by atoms with Gasteiger partial charge in [-0.2, -0.15) is 0 Å². The number of hydrogen-bond donors (Lipinski definition) is 1. The van der Waals surface area contributed by atoms with E-state index in [2.05, 4.69) is 9.88 Å². The molecule has 1 aromatic carbocycles. The molecule has 0 bridgehead atoms. The van der Waals surface area contributed by atoms with Crippen molar-refractivity contribution in [3.63, 3.8) is 0 Å². The highest BCUT2D eigenvalue weighted by Gasteiger charge is 2.28. The van der Waals surface area contributed by atoms with Gasteiger partial charge in [-0.15, -0.1) is 0 Å². The number of benzene rings is 1. The third-order valence-corrected chi connectivity index (χ3v) is 5.71. The number of hydrogen-bond acceptors (Lipinski definition) is 5. The summed E-state index contributed by atoms with van der Waals surface area (Å²) in [7, 11) is -3.67. The van der Waals surface area contributed by atoms with Crippen molar-refractivity contribution in [2.24, 2.45) is 5.92 Å². The zero-order valence-electron chi connectivity index (χ0n) is 13.5. The van der Waals surface area contributed by atoms with Gasteiger partial charge in [0, 0.05) is 5.56 Å². The normalized spacial score (nSPS) is 15.5. The monoisotopic (exact) mass is 348 g/mol. The Labute approximate surface area is 141 Å². The van der Waals surface area contributed by atoms with Gasteiger partial charge in [-0.25, -0.2) is 13.1 Å². The molecule has 3 rings (SSSR count). The van der Waals surface area contributed by atoms with Gasteiger partial charge >= 0.3 is 0 Å². The second kappa shape index (κ2) is 6.76. The lowest BCUT2D eigenvalue weighted by Crippen LogP contribution is -2.34. The molecule has 0 radical (unpaired) electrons. The van der Waals surface area contributed by atoms with Crippen LogP contribution in [0.3, 0.4) is 0 Å². The van der Waals surface area contributed by atoms with E-state index in [1.165, 1.54) is 0 Å². The zero-order valence-corrected chi connectivity index (χ0v) is 14.3. The fourth-order valence-electron chi connectivity index (χ4n) is 3.14. The van der Waals surface area contributed by atoms with Crippen LogP contribution in [0.15, 0.2) is 34.9 Å². The summed E-state index contributed by atoms with van der Waals surface area (Å²) in [6.45, 7) is 1.62. The van der Waals surface area contributed by atoms with E-state index in [9.17, 15) is 13.2 Å². The highest BCUT2D eigenvalue weighted by Crippen LogP contribution is 2.27. The fourth-order valence-corrected chi connectivity index (χ4v) is 4.57. The van der Waals surface area contributed by atoms with Crippen LogP contribution >= 0.6 is 0 Å². The maximum absolute atomic E-state index is 12.5. The topological polar surface area (TPSA) is 89.3 Å². The van der Waals surface area contributed by atoms with E-state index in [4.69, 9.17) is 4.52 Å². The first-order valence-electron chi connectivity index (χ1n) is 8.03. The smallest absolute Gasteiger partial charge is 0.270 e. The first-order valence-corrected chi connectivity index (χ1v) is 9.68. The summed E-state index contributed by atoms with van der Waals surface area (Å²) in [4.78, 5) is 12.5. The lowest BCUT2D eigenvalue weighted by Gasteiger charge is -2.11. The van der Waals surface area contributed by atoms with Crippen LogP contribution in [0.1, 0.15) is 41.7 Å². The molecule has 0 saturated heterocycles. The maximum atomic E-state index is 12.5. The first-order chi connectivity index (χ1) is 11.5. The predicted molar refractivity (Wildman–Crippen MR) is 89.9 cm³/mol. The van der Waals surface area contributed by atoms with Gasteiger partial charge in [0.25, 0.3) is 5.91 Å². The summed E-state index contributed by atoms with van der Waals surface area (Å²) in [5.41, 5.74) is 1.20. The second-order valence-electron chi connectivity index (χ2n) is 6.20. The van der Waals surface area contributed by atoms with Crippen LogP contribution in [-0.2, 0) is 10.0 Å². The minimum Gasteiger partial charge on any atom is -0.355 e. The van der Waals surface area contributed by atoms with Crippen molar-refractivity contribution in [1.82, 2.24) is 9.88 Å². The van der Waals surface area contributed by atoms with Crippen molar-refractivity contribution < 1.29 is 17.7 Å². The van der Waals surface area contributed by atoms with Crippen molar-refractivity contribution in [3.05, 3.63) is 41.6 Å². The Balaban J connectivity index is 1.81. The number of carbonyl (C=O) groups excluding carboxylic acids is 1. The van der Waals surface area contributed by atoms with Gasteiger partial charge in [-0.05, 0) is 25.7 Å². The third kappa shape index (κ3) is 3.67. The van der Waals surface area contributed by atoms with Crippen LogP contribution in [0.5, 0.6) is 0 Å². The van der Waals surface area contributed by atoms with Crippen molar-refractivity contribution in [3.8, 4) is 11.3 Å². The lowest BCUT2D eigenvalue weighted by atomic mass is 10.1. The summed E-state index contributed by atoms with van der Waals surface area (Å²) >= 11 is 0. The Bertz CT molecular complexity index is 822. The van der Waals surface area contributed by atoms with Crippen LogP contribution in [0.2, 0.25) is 0 Å². The molecule has 6 nitrogen and oxygen atoms in total. The van der Waals surface area contributed by atoms with E-state index in [0.717, 1.165) is 25.7 Å². The molecule has 0 atom stereocenters. The maximum Gasteiger partial charge on any atom is 0.270 e. The molecule has 24 heavy (non-hydrogen) atoms. The molecule has 1 fully saturated rings. The minimum absolute atomic E-state index is 0.0102. The highest BCUT2D eigenvalue weighted by molar-refractivity contribution is 7.90. The summed E-state index contributed by atoms with van der Waals surface area (Å²) in [6, 6.07) is 9.03.